The van der Waals surface area contributed by atoms with E-state index in [1.165, 1.54) is 12.1 Å². The molecule has 0 bridgehead atoms. The third kappa shape index (κ3) is 5.15. The summed E-state index contributed by atoms with van der Waals surface area (Å²) in [5.41, 5.74) is -0.0649. The molecule has 2 rings (SSSR count). The molecule has 1 aromatic rings. The number of carbonyl (C=O) groups is 2. The SMILES string of the molecule is CC1CN(C(=O)COC(=O)c2ccc(Cl)c(S(N)(=O)=O)c2)CC(C)O1. The molecular formula is C15H19ClN2O6S. The van der Waals surface area contributed by atoms with Crippen LogP contribution in [0.1, 0.15) is 24.2 Å². The summed E-state index contributed by atoms with van der Waals surface area (Å²) >= 11 is 5.76. The molecule has 0 spiro atoms. The Bertz CT molecular complexity index is 772. The Balaban J connectivity index is 2.02. The van der Waals surface area contributed by atoms with Crippen molar-refractivity contribution in [2.75, 3.05) is 19.7 Å². The number of nitrogens with zero attached hydrogens (tertiary/aromatic N) is 1. The molecule has 1 aromatic carbocycles. The lowest BCUT2D eigenvalue weighted by atomic mass is 10.2. The molecule has 10 heteroatoms. The number of halogens is 1. The number of primary sulfonamides is 1. The van der Waals surface area contributed by atoms with E-state index in [0.29, 0.717) is 13.1 Å². The van der Waals surface area contributed by atoms with E-state index in [9.17, 15) is 18.0 Å². The molecule has 1 saturated heterocycles. The van der Waals surface area contributed by atoms with Crippen LogP contribution in [0.3, 0.4) is 0 Å². The summed E-state index contributed by atoms with van der Waals surface area (Å²) in [4.78, 5) is 25.4. The Morgan fingerprint density at radius 2 is 1.92 bits per heavy atom. The molecule has 2 N–H and O–H groups in total. The molecule has 0 aliphatic carbocycles. The molecular weight excluding hydrogens is 372 g/mol. The second-order valence-electron chi connectivity index (χ2n) is 5.82. The zero-order valence-electron chi connectivity index (χ0n) is 13.8. The maximum Gasteiger partial charge on any atom is 0.338 e. The van der Waals surface area contributed by atoms with Crippen molar-refractivity contribution in [3.63, 3.8) is 0 Å². The second kappa shape index (κ2) is 7.69. The predicted molar refractivity (Wildman–Crippen MR) is 89.7 cm³/mol. The van der Waals surface area contributed by atoms with Crippen LogP contribution in [0.5, 0.6) is 0 Å². The average Bonchev–Trinajstić information content (AvgIpc) is 2.50. The van der Waals surface area contributed by atoms with E-state index in [1.54, 1.807) is 4.90 Å². The summed E-state index contributed by atoms with van der Waals surface area (Å²) in [6.45, 7) is 4.08. The van der Waals surface area contributed by atoms with E-state index in [0.717, 1.165) is 6.07 Å². The van der Waals surface area contributed by atoms with Gasteiger partial charge in [-0.3, -0.25) is 4.79 Å². The largest absolute Gasteiger partial charge is 0.452 e. The Labute approximate surface area is 150 Å². The standard InChI is InChI=1S/C15H19ClN2O6S/c1-9-6-18(7-10(2)24-9)14(19)8-23-15(20)11-3-4-12(16)13(5-11)25(17,21)22/h3-5,9-10H,6-8H2,1-2H3,(H2,17,21,22). The van der Waals surface area contributed by atoms with Crippen LogP contribution < -0.4 is 5.14 Å². The summed E-state index contributed by atoms with van der Waals surface area (Å²) in [7, 11) is -4.08. The van der Waals surface area contributed by atoms with Gasteiger partial charge in [-0.25, -0.2) is 18.4 Å². The lowest BCUT2D eigenvalue weighted by Crippen LogP contribution is -2.49. The van der Waals surface area contributed by atoms with Gasteiger partial charge in [0.05, 0.1) is 22.8 Å². The molecule has 25 heavy (non-hydrogen) atoms. The maximum absolute atomic E-state index is 12.2. The van der Waals surface area contributed by atoms with Crippen LogP contribution >= 0.6 is 11.6 Å². The molecule has 0 radical (unpaired) electrons. The van der Waals surface area contributed by atoms with E-state index in [2.05, 4.69) is 0 Å². The van der Waals surface area contributed by atoms with Gasteiger partial charge in [-0.05, 0) is 32.0 Å². The highest BCUT2D eigenvalue weighted by Gasteiger charge is 2.26. The number of carbonyl (C=O) groups excluding carboxylic acids is 2. The third-order valence-electron chi connectivity index (χ3n) is 3.57. The first kappa shape index (κ1) is 19.6. The van der Waals surface area contributed by atoms with Gasteiger partial charge in [-0.15, -0.1) is 0 Å². The van der Waals surface area contributed by atoms with Crippen LogP contribution in [-0.4, -0.2) is 57.1 Å². The minimum atomic E-state index is -4.08. The molecule has 1 aliphatic rings. The molecule has 2 unspecified atom stereocenters. The van der Waals surface area contributed by atoms with E-state index in [4.69, 9.17) is 26.2 Å². The molecule has 1 aliphatic heterocycles. The van der Waals surface area contributed by atoms with Gasteiger partial charge in [0, 0.05) is 13.1 Å². The van der Waals surface area contributed by atoms with Gasteiger partial charge in [0.1, 0.15) is 4.90 Å². The highest BCUT2D eigenvalue weighted by atomic mass is 35.5. The normalized spacial score (nSPS) is 21.0. The van der Waals surface area contributed by atoms with E-state index >= 15 is 0 Å². The monoisotopic (exact) mass is 390 g/mol. The van der Waals surface area contributed by atoms with E-state index in [1.807, 2.05) is 13.8 Å². The molecule has 1 heterocycles. The van der Waals surface area contributed by atoms with Crippen molar-refractivity contribution in [2.45, 2.75) is 31.0 Å². The number of sulfonamides is 1. The average molecular weight is 391 g/mol. The van der Waals surface area contributed by atoms with E-state index in [-0.39, 0.29) is 33.6 Å². The van der Waals surface area contributed by atoms with Gasteiger partial charge < -0.3 is 14.4 Å². The molecule has 1 fully saturated rings. The summed E-state index contributed by atoms with van der Waals surface area (Å²) in [6.07, 6.45) is -0.200. The van der Waals surface area contributed by atoms with Crippen molar-refractivity contribution >= 4 is 33.5 Å². The molecule has 2 atom stereocenters. The Kier molecular flexibility index (Phi) is 6.04. The van der Waals surface area contributed by atoms with Gasteiger partial charge in [0.15, 0.2) is 6.61 Å². The summed E-state index contributed by atoms with van der Waals surface area (Å²) in [5.74, 6) is -1.19. The Hall–Kier alpha value is -1.68. The first-order chi connectivity index (χ1) is 11.6. The van der Waals surface area contributed by atoms with Crippen molar-refractivity contribution in [2.24, 2.45) is 5.14 Å². The number of ether oxygens (including phenoxy) is 2. The number of hydrogen-bond donors (Lipinski definition) is 1. The first-order valence-corrected chi connectivity index (χ1v) is 9.43. The lowest BCUT2D eigenvalue weighted by molar-refractivity contribution is -0.146. The first-order valence-electron chi connectivity index (χ1n) is 7.50. The van der Waals surface area contributed by atoms with Crippen LogP contribution in [0, 0.1) is 0 Å². The van der Waals surface area contributed by atoms with Crippen LogP contribution in [0.25, 0.3) is 0 Å². The van der Waals surface area contributed by atoms with Crippen molar-refractivity contribution in [1.82, 2.24) is 4.90 Å². The second-order valence-corrected chi connectivity index (χ2v) is 7.76. The fraction of sp³-hybridized carbons (Fsp3) is 0.467. The topological polar surface area (TPSA) is 116 Å². The number of hydrogen-bond acceptors (Lipinski definition) is 6. The number of amides is 1. The summed E-state index contributed by atoms with van der Waals surface area (Å²) in [6, 6.07) is 3.54. The molecule has 0 saturated carbocycles. The molecule has 138 valence electrons. The zero-order valence-corrected chi connectivity index (χ0v) is 15.3. The summed E-state index contributed by atoms with van der Waals surface area (Å²) < 4.78 is 33.4. The fourth-order valence-corrected chi connectivity index (χ4v) is 3.60. The number of morpholine rings is 1. The van der Waals surface area contributed by atoms with Gasteiger partial charge in [-0.2, -0.15) is 0 Å². The Morgan fingerprint density at radius 3 is 2.48 bits per heavy atom. The Morgan fingerprint density at radius 1 is 1.32 bits per heavy atom. The molecule has 1 amide bonds. The molecule has 8 nitrogen and oxygen atoms in total. The number of benzene rings is 1. The lowest BCUT2D eigenvalue weighted by Gasteiger charge is -2.35. The van der Waals surface area contributed by atoms with Crippen LogP contribution in [-0.2, 0) is 24.3 Å². The number of nitrogens with two attached hydrogens (primary N) is 1. The fourth-order valence-electron chi connectivity index (χ4n) is 2.53. The van der Waals surface area contributed by atoms with Crippen molar-refractivity contribution in [1.29, 1.82) is 0 Å². The predicted octanol–water partition coefficient (Wildman–Crippen LogP) is 0.780. The van der Waals surface area contributed by atoms with Crippen molar-refractivity contribution < 1.29 is 27.5 Å². The zero-order chi connectivity index (χ0) is 18.8. The smallest absolute Gasteiger partial charge is 0.338 e. The number of esters is 1. The summed E-state index contributed by atoms with van der Waals surface area (Å²) in [5, 5.41) is 4.93. The minimum absolute atomic E-state index is 0.0649. The van der Waals surface area contributed by atoms with Crippen molar-refractivity contribution in [3.05, 3.63) is 28.8 Å². The number of rotatable bonds is 4. The van der Waals surface area contributed by atoms with Gasteiger partial charge >= 0.3 is 5.97 Å². The maximum atomic E-state index is 12.2. The highest BCUT2D eigenvalue weighted by Crippen LogP contribution is 2.22. The highest BCUT2D eigenvalue weighted by molar-refractivity contribution is 7.89. The molecule has 0 aromatic heterocycles. The minimum Gasteiger partial charge on any atom is -0.452 e. The van der Waals surface area contributed by atoms with Crippen LogP contribution in [0.2, 0.25) is 5.02 Å². The van der Waals surface area contributed by atoms with Gasteiger partial charge in [-0.1, -0.05) is 11.6 Å². The third-order valence-corrected chi connectivity index (χ3v) is 4.96. The van der Waals surface area contributed by atoms with Crippen LogP contribution in [0.15, 0.2) is 23.1 Å². The van der Waals surface area contributed by atoms with Gasteiger partial charge in [0.2, 0.25) is 10.0 Å². The van der Waals surface area contributed by atoms with Crippen molar-refractivity contribution in [3.8, 4) is 0 Å². The van der Waals surface area contributed by atoms with Gasteiger partial charge in [0.25, 0.3) is 5.91 Å². The van der Waals surface area contributed by atoms with Crippen LogP contribution in [0.4, 0.5) is 0 Å². The van der Waals surface area contributed by atoms with E-state index < -0.39 is 22.6 Å². The quantitative estimate of drug-likeness (QED) is 0.759.